The molecular weight excluding hydrogens is 236 g/mol. The van der Waals surface area contributed by atoms with Gasteiger partial charge >= 0.3 is 0 Å². The Labute approximate surface area is 106 Å². The molecule has 0 bridgehead atoms. The quantitative estimate of drug-likeness (QED) is 0.896. The molecule has 1 fully saturated rings. The molecule has 1 aliphatic rings. The summed E-state index contributed by atoms with van der Waals surface area (Å²) in [5.74, 6) is -0.823. The summed E-state index contributed by atoms with van der Waals surface area (Å²) >= 11 is 0. The van der Waals surface area contributed by atoms with Crippen molar-refractivity contribution >= 4 is 0 Å². The van der Waals surface area contributed by atoms with Gasteiger partial charge in [0.25, 0.3) is 0 Å². The van der Waals surface area contributed by atoms with E-state index < -0.39 is 17.2 Å². The number of rotatable bonds is 3. The molecule has 1 heterocycles. The van der Waals surface area contributed by atoms with Gasteiger partial charge in [0.2, 0.25) is 0 Å². The van der Waals surface area contributed by atoms with Crippen LogP contribution < -0.4 is 0 Å². The van der Waals surface area contributed by atoms with Crippen LogP contribution in [0.4, 0.5) is 8.78 Å². The van der Waals surface area contributed by atoms with Crippen molar-refractivity contribution in [2.45, 2.75) is 31.4 Å². The molecule has 1 saturated heterocycles. The molecule has 0 aliphatic carbocycles. The number of halogens is 2. The molecule has 2 rings (SSSR count). The van der Waals surface area contributed by atoms with Gasteiger partial charge in [0.1, 0.15) is 11.6 Å². The summed E-state index contributed by atoms with van der Waals surface area (Å²) in [5, 5.41) is 9.75. The first-order chi connectivity index (χ1) is 8.37. The molecule has 4 heteroatoms. The Morgan fingerprint density at radius 3 is 2.89 bits per heavy atom. The van der Waals surface area contributed by atoms with Crippen LogP contribution in [0.3, 0.4) is 0 Å². The summed E-state index contributed by atoms with van der Waals surface area (Å²) in [6, 6.07) is 3.35. The Bertz CT molecular complexity index is 428. The van der Waals surface area contributed by atoms with E-state index in [9.17, 15) is 13.9 Å². The van der Waals surface area contributed by atoms with Crippen LogP contribution in [0, 0.1) is 18.6 Å². The normalized spacial score (nSPS) is 21.5. The van der Waals surface area contributed by atoms with E-state index in [1.165, 1.54) is 6.07 Å². The molecule has 1 radical (unpaired) electrons. The fourth-order valence-electron chi connectivity index (χ4n) is 2.58. The lowest BCUT2D eigenvalue weighted by Crippen LogP contribution is -2.38. The van der Waals surface area contributed by atoms with Crippen molar-refractivity contribution in [2.75, 3.05) is 13.1 Å². The lowest BCUT2D eigenvalue weighted by atomic mass is 10.0. The van der Waals surface area contributed by atoms with E-state index in [2.05, 4.69) is 6.92 Å². The van der Waals surface area contributed by atoms with Gasteiger partial charge in [0, 0.05) is 18.2 Å². The molecule has 2 atom stereocenters. The van der Waals surface area contributed by atoms with Gasteiger partial charge in [0.05, 0.1) is 5.60 Å². The monoisotopic (exact) mass is 254 g/mol. The second-order valence-corrected chi connectivity index (χ2v) is 5.29. The van der Waals surface area contributed by atoms with Crippen molar-refractivity contribution in [1.29, 1.82) is 0 Å². The van der Waals surface area contributed by atoms with Crippen LogP contribution in [0.15, 0.2) is 18.2 Å². The first kappa shape index (κ1) is 13.4. The summed E-state index contributed by atoms with van der Waals surface area (Å²) in [6.07, 6.45) is 1.69. The molecule has 0 aromatic heterocycles. The Morgan fingerprint density at radius 1 is 1.50 bits per heavy atom. The van der Waals surface area contributed by atoms with Crippen LogP contribution in [0.2, 0.25) is 0 Å². The first-order valence-corrected chi connectivity index (χ1v) is 6.13. The minimum absolute atomic E-state index is 0.172. The van der Waals surface area contributed by atoms with Gasteiger partial charge in [-0.05, 0) is 51.4 Å². The average Bonchev–Trinajstić information content (AvgIpc) is 2.67. The fourth-order valence-corrected chi connectivity index (χ4v) is 2.58. The molecule has 2 nitrogen and oxygen atoms in total. The van der Waals surface area contributed by atoms with Gasteiger partial charge in [-0.15, -0.1) is 0 Å². The van der Waals surface area contributed by atoms with Crippen LogP contribution in [-0.4, -0.2) is 28.7 Å². The summed E-state index contributed by atoms with van der Waals surface area (Å²) < 4.78 is 27.0. The van der Waals surface area contributed by atoms with E-state index in [4.69, 9.17) is 0 Å². The lowest BCUT2D eigenvalue weighted by Gasteiger charge is -2.30. The number of nitrogens with zero attached hydrogens (tertiary/aromatic N) is 1. The summed E-state index contributed by atoms with van der Waals surface area (Å²) in [7, 11) is 0. The largest absolute Gasteiger partial charge is 0.389 e. The molecule has 0 amide bonds. The predicted octanol–water partition coefficient (Wildman–Crippen LogP) is 2.69. The zero-order valence-electron chi connectivity index (χ0n) is 10.5. The van der Waals surface area contributed by atoms with Crippen molar-refractivity contribution < 1.29 is 13.9 Å². The van der Waals surface area contributed by atoms with E-state index in [0.29, 0.717) is 12.1 Å². The van der Waals surface area contributed by atoms with Crippen LogP contribution in [0.25, 0.3) is 0 Å². The van der Waals surface area contributed by atoms with E-state index >= 15 is 0 Å². The van der Waals surface area contributed by atoms with Crippen molar-refractivity contribution in [1.82, 2.24) is 4.90 Å². The molecule has 1 aliphatic heterocycles. The standard InChI is InChI=1S/C14H18F2NO/c1-14(2,18)9-17-7-3-4-13(17)11-8-10(15)5-6-12(11)16/h5-6,8,13,18H,1,3-4,7,9H2,2H3/t13-,14?/m1/s1. The van der Waals surface area contributed by atoms with Crippen molar-refractivity contribution in [3.8, 4) is 0 Å². The number of β-amino-alcohol motifs (C(OH)–C–C–N with tert-alkyl or cyclic N) is 1. The van der Waals surface area contributed by atoms with E-state index in [1.54, 1.807) is 6.92 Å². The fraction of sp³-hybridized carbons (Fsp3) is 0.500. The van der Waals surface area contributed by atoms with E-state index in [1.807, 2.05) is 4.90 Å². The molecule has 0 saturated carbocycles. The topological polar surface area (TPSA) is 23.5 Å². The molecule has 0 spiro atoms. The Hall–Kier alpha value is -1.00. The van der Waals surface area contributed by atoms with Gasteiger partial charge in [0.15, 0.2) is 0 Å². The maximum absolute atomic E-state index is 13.8. The number of hydrogen-bond donors (Lipinski definition) is 1. The van der Waals surface area contributed by atoms with Crippen LogP contribution in [0.5, 0.6) is 0 Å². The molecular formula is C14H18F2NO. The highest BCUT2D eigenvalue weighted by Gasteiger charge is 2.31. The Kier molecular flexibility index (Phi) is 3.69. The average molecular weight is 254 g/mol. The van der Waals surface area contributed by atoms with Crippen LogP contribution in [0.1, 0.15) is 31.4 Å². The second kappa shape index (κ2) is 4.94. The minimum Gasteiger partial charge on any atom is -0.389 e. The Balaban J connectivity index is 2.23. The third-order valence-corrected chi connectivity index (χ3v) is 3.22. The first-order valence-electron chi connectivity index (χ1n) is 6.13. The minimum atomic E-state index is -1.08. The van der Waals surface area contributed by atoms with E-state index in [0.717, 1.165) is 31.5 Å². The van der Waals surface area contributed by atoms with Crippen molar-refractivity contribution in [3.05, 3.63) is 42.3 Å². The van der Waals surface area contributed by atoms with Gasteiger partial charge in [-0.3, -0.25) is 4.90 Å². The third kappa shape index (κ3) is 3.06. The third-order valence-electron chi connectivity index (χ3n) is 3.22. The number of likely N-dealkylation sites (tertiary alicyclic amines) is 1. The van der Waals surface area contributed by atoms with E-state index in [-0.39, 0.29) is 6.04 Å². The molecule has 1 aromatic rings. The van der Waals surface area contributed by atoms with Crippen LogP contribution in [-0.2, 0) is 0 Å². The summed E-state index contributed by atoms with van der Waals surface area (Å²) in [6.45, 7) is 6.39. The molecule has 1 N–H and O–H groups in total. The highest BCUT2D eigenvalue weighted by atomic mass is 19.1. The number of hydrogen-bond acceptors (Lipinski definition) is 2. The SMILES string of the molecule is [CH2]C(C)(O)CN1CCC[C@@H]1c1cc(F)ccc1F. The van der Waals surface area contributed by atoms with Gasteiger partial charge in [-0.25, -0.2) is 8.78 Å². The summed E-state index contributed by atoms with van der Waals surface area (Å²) in [5.41, 5.74) is -0.705. The van der Waals surface area contributed by atoms with Crippen molar-refractivity contribution in [3.63, 3.8) is 0 Å². The zero-order chi connectivity index (χ0) is 13.3. The predicted molar refractivity (Wildman–Crippen MR) is 65.9 cm³/mol. The molecule has 1 unspecified atom stereocenters. The lowest BCUT2D eigenvalue weighted by molar-refractivity contribution is 0.0534. The van der Waals surface area contributed by atoms with Gasteiger partial charge in [-0.1, -0.05) is 0 Å². The highest BCUT2D eigenvalue weighted by molar-refractivity contribution is 5.23. The second-order valence-electron chi connectivity index (χ2n) is 5.29. The summed E-state index contributed by atoms with van der Waals surface area (Å²) in [4.78, 5) is 1.96. The smallest absolute Gasteiger partial charge is 0.128 e. The van der Waals surface area contributed by atoms with Crippen LogP contribution >= 0.6 is 0 Å². The number of aliphatic hydroxyl groups is 1. The van der Waals surface area contributed by atoms with Crippen molar-refractivity contribution in [2.24, 2.45) is 0 Å². The van der Waals surface area contributed by atoms with Gasteiger partial charge in [-0.2, -0.15) is 0 Å². The van der Waals surface area contributed by atoms with Gasteiger partial charge < -0.3 is 5.11 Å². The zero-order valence-corrected chi connectivity index (χ0v) is 10.5. The molecule has 1 aromatic carbocycles. The number of benzene rings is 1. The maximum Gasteiger partial charge on any atom is 0.128 e. The maximum atomic E-state index is 13.8. The molecule has 99 valence electrons. The Morgan fingerprint density at radius 2 is 2.22 bits per heavy atom. The molecule has 18 heavy (non-hydrogen) atoms. The highest BCUT2D eigenvalue weighted by Crippen LogP contribution is 2.34.